The van der Waals surface area contributed by atoms with E-state index in [1.165, 1.54) is 5.69 Å². The molecule has 1 fully saturated rings. The fraction of sp³-hybridized carbons (Fsp3) is 0.474. The molecule has 0 atom stereocenters. The third-order valence-corrected chi connectivity index (χ3v) is 4.86. The van der Waals surface area contributed by atoms with Crippen LogP contribution < -0.4 is 10.2 Å². The number of amides is 1. The van der Waals surface area contributed by atoms with Gasteiger partial charge in [0.25, 0.3) is 5.91 Å². The van der Waals surface area contributed by atoms with Crippen molar-refractivity contribution in [3.63, 3.8) is 0 Å². The average molecular weight is 342 g/mol. The van der Waals surface area contributed by atoms with Crippen molar-refractivity contribution in [1.29, 1.82) is 0 Å². The highest BCUT2D eigenvalue weighted by atomic mass is 16.3. The maximum Gasteiger partial charge on any atom is 0.269 e. The lowest BCUT2D eigenvalue weighted by atomic mass is 9.97. The lowest BCUT2D eigenvalue weighted by molar-refractivity contribution is 0.0941. The van der Waals surface area contributed by atoms with Gasteiger partial charge < -0.3 is 15.3 Å². The second kappa shape index (κ2) is 7.70. The first-order valence-corrected chi connectivity index (χ1v) is 8.80. The van der Waals surface area contributed by atoms with Gasteiger partial charge in [-0.15, -0.1) is 0 Å². The first-order valence-electron chi connectivity index (χ1n) is 8.80. The Morgan fingerprint density at radius 1 is 1.28 bits per heavy atom. The Morgan fingerprint density at radius 2 is 1.96 bits per heavy atom. The molecule has 0 radical (unpaired) electrons. The summed E-state index contributed by atoms with van der Waals surface area (Å²) in [7, 11) is 1.77. The summed E-state index contributed by atoms with van der Waals surface area (Å²) in [4.78, 5) is 14.6. The van der Waals surface area contributed by atoms with E-state index < -0.39 is 0 Å². The van der Waals surface area contributed by atoms with E-state index >= 15 is 0 Å². The molecule has 0 aliphatic carbocycles. The van der Waals surface area contributed by atoms with Gasteiger partial charge in [-0.3, -0.25) is 9.48 Å². The van der Waals surface area contributed by atoms with E-state index in [2.05, 4.69) is 39.6 Å². The van der Waals surface area contributed by atoms with Gasteiger partial charge in [-0.25, -0.2) is 0 Å². The van der Waals surface area contributed by atoms with Crippen molar-refractivity contribution >= 4 is 11.6 Å². The highest BCUT2D eigenvalue weighted by Gasteiger charge is 2.18. The Labute approximate surface area is 148 Å². The number of nitrogens with zero attached hydrogens (tertiary/aromatic N) is 3. The van der Waals surface area contributed by atoms with Crippen molar-refractivity contribution in [3.8, 4) is 0 Å². The number of anilines is 1. The number of carbonyl (C=O) groups is 1. The maximum absolute atomic E-state index is 12.2. The first kappa shape index (κ1) is 17.5. The van der Waals surface area contributed by atoms with E-state index in [1.54, 1.807) is 17.8 Å². The molecule has 134 valence electrons. The molecule has 1 saturated heterocycles. The molecule has 1 aromatic carbocycles. The van der Waals surface area contributed by atoms with Crippen LogP contribution in [0.2, 0.25) is 0 Å². The summed E-state index contributed by atoms with van der Waals surface area (Å²) in [5, 5.41) is 16.4. The second-order valence-corrected chi connectivity index (χ2v) is 6.76. The van der Waals surface area contributed by atoms with Crippen LogP contribution in [0.15, 0.2) is 30.3 Å². The summed E-state index contributed by atoms with van der Waals surface area (Å²) in [5.41, 5.74) is 3.68. The van der Waals surface area contributed by atoms with E-state index in [0.717, 1.165) is 37.2 Å². The lowest BCUT2D eigenvalue weighted by Gasteiger charge is -2.33. The van der Waals surface area contributed by atoms with Crippen LogP contribution in [0.1, 0.15) is 34.6 Å². The number of benzene rings is 1. The summed E-state index contributed by atoms with van der Waals surface area (Å²) < 4.78 is 1.60. The van der Waals surface area contributed by atoms with Crippen molar-refractivity contribution in [3.05, 3.63) is 47.3 Å². The van der Waals surface area contributed by atoms with E-state index in [0.29, 0.717) is 24.8 Å². The number of aromatic nitrogens is 2. The summed E-state index contributed by atoms with van der Waals surface area (Å²) in [5.74, 6) is 0.333. The Bertz CT molecular complexity index is 716. The molecule has 2 aromatic rings. The number of aliphatic hydroxyl groups excluding tert-OH is 1. The summed E-state index contributed by atoms with van der Waals surface area (Å²) in [6.45, 7) is 4.64. The molecule has 2 N–H and O–H groups in total. The first-order chi connectivity index (χ1) is 12.1. The number of piperidine rings is 1. The van der Waals surface area contributed by atoms with Crippen molar-refractivity contribution in [2.24, 2.45) is 13.0 Å². The Kier molecular flexibility index (Phi) is 5.38. The number of aryl methyl sites for hydroxylation is 2. The number of nitrogens with one attached hydrogen (secondary N) is 1. The average Bonchev–Trinajstić information content (AvgIpc) is 2.98. The molecule has 3 rings (SSSR count). The SMILES string of the molecule is Cc1cc(C(=O)NCc2ccc(N3CCC(CO)CC3)cc2)n(C)n1. The van der Waals surface area contributed by atoms with Crippen LogP contribution in [-0.4, -0.2) is 40.5 Å². The molecule has 0 saturated carbocycles. The molecule has 1 aliphatic heterocycles. The fourth-order valence-corrected chi connectivity index (χ4v) is 3.29. The van der Waals surface area contributed by atoms with Gasteiger partial charge >= 0.3 is 0 Å². The molecule has 2 heterocycles. The van der Waals surface area contributed by atoms with E-state index in [4.69, 9.17) is 0 Å². The monoisotopic (exact) mass is 342 g/mol. The van der Waals surface area contributed by atoms with E-state index in [9.17, 15) is 9.90 Å². The third-order valence-electron chi connectivity index (χ3n) is 4.86. The molecule has 1 aliphatic rings. The molecule has 25 heavy (non-hydrogen) atoms. The Balaban J connectivity index is 1.54. The summed E-state index contributed by atoms with van der Waals surface area (Å²) in [6, 6.07) is 10.1. The van der Waals surface area contributed by atoms with Gasteiger partial charge in [0.05, 0.1) is 5.69 Å². The minimum absolute atomic E-state index is 0.113. The zero-order valence-corrected chi connectivity index (χ0v) is 14.9. The molecule has 0 spiro atoms. The summed E-state index contributed by atoms with van der Waals surface area (Å²) in [6.07, 6.45) is 2.08. The number of hydrogen-bond acceptors (Lipinski definition) is 4. The zero-order valence-electron chi connectivity index (χ0n) is 14.9. The van der Waals surface area contributed by atoms with Crippen molar-refractivity contribution in [1.82, 2.24) is 15.1 Å². The lowest BCUT2D eigenvalue weighted by Crippen LogP contribution is -2.34. The predicted molar refractivity (Wildman–Crippen MR) is 97.6 cm³/mol. The molecule has 6 heteroatoms. The maximum atomic E-state index is 12.2. The minimum Gasteiger partial charge on any atom is -0.396 e. The standard InChI is InChI=1S/C19H26N4O2/c1-14-11-18(22(2)21-14)19(25)20-12-15-3-5-17(6-4-15)23-9-7-16(13-24)8-10-23/h3-6,11,16,24H,7-10,12-13H2,1-2H3,(H,20,25). The van der Waals surface area contributed by atoms with Gasteiger partial charge in [-0.1, -0.05) is 12.1 Å². The minimum atomic E-state index is -0.113. The highest BCUT2D eigenvalue weighted by molar-refractivity contribution is 5.92. The zero-order chi connectivity index (χ0) is 17.8. The molecule has 6 nitrogen and oxygen atoms in total. The Morgan fingerprint density at radius 3 is 2.52 bits per heavy atom. The Hall–Kier alpha value is -2.34. The molecule has 0 bridgehead atoms. The topological polar surface area (TPSA) is 70.4 Å². The van der Waals surface area contributed by atoms with Gasteiger partial charge in [0.2, 0.25) is 0 Å². The number of aliphatic hydroxyl groups is 1. The predicted octanol–water partition coefficient (Wildman–Crippen LogP) is 1.87. The van der Waals surface area contributed by atoms with Gasteiger partial charge in [0, 0.05) is 39.0 Å². The van der Waals surface area contributed by atoms with Crippen LogP contribution in [0.25, 0.3) is 0 Å². The molecular formula is C19H26N4O2. The molecule has 1 amide bonds. The number of hydrogen-bond donors (Lipinski definition) is 2. The van der Waals surface area contributed by atoms with Crippen LogP contribution in [0.5, 0.6) is 0 Å². The largest absolute Gasteiger partial charge is 0.396 e. The van der Waals surface area contributed by atoms with Crippen molar-refractivity contribution < 1.29 is 9.90 Å². The highest BCUT2D eigenvalue weighted by Crippen LogP contribution is 2.23. The van der Waals surface area contributed by atoms with Crippen LogP contribution >= 0.6 is 0 Å². The van der Waals surface area contributed by atoms with Crippen LogP contribution in [0, 0.1) is 12.8 Å². The smallest absolute Gasteiger partial charge is 0.269 e. The summed E-state index contributed by atoms with van der Waals surface area (Å²) >= 11 is 0. The van der Waals surface area contributed by atoms with Gasteiger partial charge in [0.1, 0.15) is 5.69 Å². The molecule has 0 unspecified atom stereocenters. The number of carbonyl (C=O) groups excluding carboxylic acids is 1. The van der Waals surface area contributed by atoms with Crippen LogP contribution in [0.3, 0.4) is 0 Å². The van der Waals surface area contributed by atoms with E-state index in [1.807, 2.05) is 6.92 Å². The van der Waals surface area contributed by atoms with Gasteiger partial charge in [-0.2, -0.15) is 5.10 Å². The van der Waals surface area contributed by atoms with Gasteiger partial charge in [-0.05, 0) is 49.4 Å². The van der Waals surface area contributed by atoms with Crippen molar-refractivity contribution in [2.45, 2.75) is 26.3 Å². The molecule has 1 aromatic heterocycles. The van der Waals surface area contributed by atoms with Crippen LogP contribution in [-0.2, 0) is 13.6 Å². The third kappa shape index (κ3) is 4.20. The van der Waals surface area contributed by atoms with Crippen LogP contribution in [0.4, 0.5) is 5.69 Å². The fourth-order valence-electron chi connectivity index (χ4n) is 3.29. The number of rotatable bonds is 5. The van der Waals surface area contributed by atoms with E-state index in [-0.39, 0.29) is 5.91 Å². The van der Waals surface area contributed by atoms with Crippen molar-refractivity contribution in [2.75, 3.05) is 24.6 Å². The molecular weight excluding hydrogens is 316 g/mol. The second-order valence-electron chi connectivity index (χ2n) is 6.76. The normalized spacial score (nSPS) is 15.4. The quantitative estimate of drug-likeness (QED) is 0.870. The van der Waals surface area contributed by atoms with Gasteiger partial charge in [0.15, 0.2) is 0 Å².